The number of aryl methyl sites for hydroxylation is 1. The summed E-state index contributed by atoms with van der Waals surface area (Å²) < 4.78 is 51.8. The Labute approximate surface area is 199 Å². The van der Waals surface area contributed by atoms with Crippen molar-refractivity contribution in [2.24, 2.45) is 0 Å². The first-order chi connectivity index (χ1) is 16.6. The largest absolute Gasteiger partial charge is 0.486 e. The van der Waals surface area contributed by atoms with Crippen LogP contribution in [0.25, 0.3) is 22.0 Å². The number of para-hydroxylation sites is 1. The average molecular weight is 481 g/mol. The zero-order valence-electron chi connectivity index (χ0n) is 19.0. The molecule has 8 heteroatoms. The number of pyridine rings is 1. The van der Waals surface area contributed by atoms with Crippen molar-refractivity contribution in [2.75, 3.05) is 6.61 Å². The lowest BCUT2D eigenvalue weighted by molar-refractivity contribution is -0.139. The fraction of sp³-hybridized carbons (Fsp3) is 0.185. The normalized spacial score (nSPS) is 12.4. The van der Waals surface area contributed by atoms with Crippen LogP contribution >= 0.6 is 0 Å². The molecule has 0 radical (unpaired) electrons. The molecule has 1 heterocycles. The van der Waals surface area contributed by atoms with E-state index >= 15 is 0 Å². The molecule has 5 nitrogen and oxygen atoms in total. The molecule has 0 saturated heterocycles. The number of hydrogen-bond acceptors (Lipinski definition) is 4. The van der Waals surface area contributed by atoms with Crippen molar-refractivity contribution in [2.45, 2.75) is 26.1 Å². The molecule has 0 spiro atoms. The molecule has 0 aliphatic rings. The van der Waals surface area contributed by atoms with Crippen molar-refractivity contribution in [3.8, 4) is 22.6 Å². The number of halogens is 3. The second-order valence-corrected chi connectivity index (χ2v) is 8.06. The number of carboxylic acids is 1. The molecule has 1 unspecified atom stereocenters. The molecule has 3 aromatic carbocycles. The first-order valence-corrected chi connectivity index (χ1v) is 10.8. The van der Waals surface area contributed by atoms with Gasteiger partial charge in [-0.05, 0) is 66.4 Å². The smallest absolute Gasteiger partial charge is 0.418 e. The van der Waals surface area contributed by atoms with Gasteiger partial charge in [0, 0.05) is 11.6 Å². The summed E-state index contributed by atoms with van der Waals surface area (Å²) in [7, 11) is 0. The van der Waals surface area contributed by atoms with Crippen LogP contribution in [-0.4, -0.2) is 22.7 Å². The number of benzene rings is 3. The van der Waals surface area contributed by atoms with Gasteiger partial charge in [-0.25, -0.2) is 4.79 Å². The van der Waals surface area contributed by atoms with E-state index in [0.717, 1.165) is 22.8 Å². The first-order valence-electron chi connectivity index (χ1n) is 10.8. The van der Waals surface area contributed by atoms with E-state index < -0.39 is 24.3 Å². The van der Waals surface area contributed by atoms with Crippen molar-refractivity contribution >= 4 is 16.9 Å². The van der Waals surface area contributed by atoms with Gasteiger partial charge in [-0.15, -0.1) is 0 Å². The molecule has 0 amide bonds. The van der Waals surface area contributed by atoms with Gasteiger partial charge in [0.2, 0.25) is 0 Å². The lowest BCUT2D eigenvalue weighted by Crippen LogP contribution is -2.09. The summed E-state index contributed by atoms with van der Waals surface area (Å²) in [4.78, 5) is 14.7. The molecule has 0 aliphatic carbocycles. The minimum atomic E-state index is -4.51. The maximum atomic E-state index is 13.5. The quantitative estimate of drug-likeness (QED) is 0.313. The molecule has 0 fully saturated rings. The SMILES string of the molecule is Cc1cnc2c(C(F)(F)F)cccc2c1-c1cccc(OC(C)c2ccc(OCC(=O)O)cc2)c1. The van der Waals surface area contributed by atoms with E-state index in [0.29, 0.717) is 22.4 Å². The van der Waals surface area contributed by atoms with Crippen molar-refractivity contribution < 1.29 is 32.5 Å². The first kappa shape index (κ1) is 24.1. The monoisotopic (exact) mass is 481 g/mol. The van der Waals surface area contributed by atoms with E-state index in [1.54, 1.807) is 48.5 Å². The summed E-state index contributed by atoms with van der Waals surface area (Å²) in [6.07, 6.45) is -3.39. The van der Waals surface area contributed by atoms with Crippen LogP contribution in [0.1, 0.15) is 29.7 Å². The number of rotatable bonds is 7. The Kier molecular flexibility index (Phi) is 6.64. The summed E-state index contributed by atoms with van der Waals surface area (Å²) >= 11 is 0. The highest BCUT2D eigenvalue weighted by Crippen LogP contribution is 2.39. The predicted octanol–water partition coefficient (Wildman–Crippen LogP) is 6.83. The highest BCUT2D eigenvalue weighted by atomic mass is 19.4. The van der Waals surface area contributed by atoms with Crippen molar-refractivity contribution in [3.05, 3.63) is 89.6 Å². The van der Waals surface area contributed by atoms with Gasteiger partial charge < -0.3 is 14.6 Å². The molecular weight excluding hydrogens is 459 g/mol. The van der Waals surface area contributed by atoms with Crippen LogP contribution in [0.4, 0.5) is 13.2 Å². The molecule has 0 saturated carbocycles. The van der Waals surface area contributed by atoms with Gasteiger partial charge in [0.1, 0.15) is 17.6 Å². The maximum Gasteiger partial charge on any atom is 0.418 e. The van der Waals surface area contributed by atoms with E-state index in [1.165, 1.54) is 12.3 Å². The second kappa shape index (κ2) is 9.66. The lowest BCUT2D eigenvalue weighted by atomic mass is 9.95. The third kappa shape index (κ3) is 5.37. The van der Waals surface area contributed by atoms with E-state index in [4.69, 9.17) is 14.6 Å². The summed E-state index contributed by atoms with van der Waals surface area (Å²) in [6.45, 7) is 3.25. The van der Waals surface area contributed by atoms with Crippen LogP contribution in [0.15, 0.2) is 72.9 Å². The molecule has 1 N–H and O–H groups in total. The number of aliphatic carboxylic acids is 1. The van der Waals surface area contributed by atoms with Crippen LogP contribution in [-0.2, 0) is 11.0 Å². The third-order valence-electron chi connectivity index (χ3n) is 5.54. The zero-order chi connectivity index (χ0) is 25.2. The number of nitrogens with zero attached hydrogens (tertiary/aromatic N) is 1. The number of aromatic nitrogens is 1. The molecule has 180 valence electrons. The molecule has 1 aromatic heterocycles. The van der Waals surface area contributed by atoms with E-state index in [1.807, 2.05) is 19.9 Å². The highest BCUT2D eigenvalue weighted by molar-refractivity contribution is 5.97. The maximum absolute atomic E-state index is 13.5. The number of carboxylic acid groups (broad SMARTS) is 1. The Hall–Kier alpha value is -4.07. The number of hydrogen-bond donors (Lipinski definition) is 1. The standard InChI is InChI=1S/C27H22F3NO4/c1-16-14-31-26-22(7-4-8-23(26)27(28,29)30)25(16)19-5-3-6-21(13-19)35-17(2)18-9-11-20(12-10-18)34-15-24(32)33/h3-14,17H,15H2,1-2H3,(H,32,33). The van der Waals surface area contributed by atoms with E-state index in [2.05, 4.69) is 4.98 Å². The van der Waals surface area contributed by atoms with Gasteiger partial charge in [0.25, 0.3) is 0 Å². The zero-order valence-corrected chi connectivity index (χ0v) is 19.0. The van der Waals surface area contributed by atoms with Crippen molar-refractivity contribution in [3.63, 3.8) is 0 Å². The summed E-state index contributed by atoms with van der Waals surface area (Å²) in [5.74, 6) is -0.0707. The Balaban J connectivity index is 1.62. The van der Waals surface area contributed by atoms with Gasteiger partial charge in [0.05, 0.1) is 11.1 Å². The highest BCUT2D eigenvalue weighted by Gasteiger charge is 2.33. The molecule has 35 heavy (non-hydrogen) atoms. The second-order valence-electron chi connectivity index (χ2n) is 8.06. The number of fused-ring (bicyclic) bond motifs is 1. The van der Waals surface area contributed by atoms with E-state index in [-0.39, 0.29) is 11.6 Å². The van der Waals surface area contributed by atoms with E-state index in [9.17, 15) is 18.0 Å². The summed E-state index contributed by atoms with van der Waals surface area (Å²) in [5, 5.41) is 9.13. The minimum absolute atomic E-state index is 0.0921. The van der Waals surface area contributed by atoms with Crippen molar-refractivity contribution in [1.29, 1.82) is 0 Å². The van der Waals surface area contributed by atoms with Crippen LogP contribution in [0.5, 0.6) is 11.5 Å². The molecule has 1 atom stereocenters. The molecule has 4 aromatic rings. The van der Waals surface area contributed by atoms with Gasteiger partial charge >= 0.3 is 12.1 Å². The number of alkyl halides is 3. The number of carbonyl (C=O) groups is 1. The fourth-order valence-corrected chi connectivity index (χ4v) is 3.91. The fourth-order valence-electron chi connectivity index (χ4n) is 3.91. The summed E-state index contributed by atoms with van der Waals surface area (Å²) in [6, 6.07) is 18.2. The third-order valence-corrected chi connectivity index (χ3v) is 5.54. The molecule has 4 rings (SSSR count). The Morgan fingerprint density at radius 2 is 1.74 bits per heavy atom. The number of ether oxygens (including phenoxy) is 2. The van der Waals surface area contributed by atoms with Gasteiger partial charge in [0.15, 0.2) is 6.61 Å². The van der Waals surface area contributed by atoms with Crippen LogP contribution < -0.4 is 9.47 Å². The molecular formula is C27H22F3NO4. The Morgan fingerprint density at radius 3 is 2.43 bits per heavy atom. The Morgan fingerprint density at radius 1 is 1.03 bits per heavy atom. The molecule has 0 aliphatic heterocycles. The van der Waals surface area contributed by atoms with Crippen LogP contribution in [0.2, 0.25) is 0 Å². The van der Waals surface area contributed by atoms with Crippen LogP contribution in [0, 0.1) is 6.92 Å². The van der Waals surface area contributed by atoms with Crippen molar-refractivity contribution in [1.82, 2.24) is 4.98 Å². The van der Waals surface area contributed by atoms with Gasteiger partial charge in [-0.2, -0.15) is 13.2 Å². The minimum Gasteiger partial charge on any atom is -0.486 e. The summed E-state index contributed by atoms with van der Waals surface area (Å²) in [5.41, 5.74) is 2.12. The van der Waals surface area contributed by atoms with Gasteiger partial charge in [-0.3, -0.25) is 4.98 Å². The topological polar surface area (TPSA) is 68.7 Å². The lowest BCUT2D eigenvalue weighted by Gasteiger charge is -2.18. The average Bonchev–Trinajstić information content (AvgIpc) is 2.82. The van der Waals surface area contributed by atoms with Crippen LogP contribution in [0.3, 0.4) is 0 Å². The predicted molar refractivity (Wildman–Crippen MR) is 126 cm³/mol. The van der Waals surface area contributed by atoms with Gasteiger partial charge in [-0.1, -0.05) is 36.4 Å². The Bertz CT molecular complexity index is 1370. The molecule has 0 bridgehead atoms.